The molecule has 1 fully saturated rings. The predicted molar refractivity (Wildman–Crippen MR) is 141 cm³/mol. The molecule has 1 unspecified atom stereocenters. The highest BCUT2D eigenvalue weighted by atomic mass is 16.5. The number of morpholine rings is 1. The number of hydrogen-bond acceptors (Lipinski definition) is 8. The summed E-state index contributed by atoms with van der Waals surface area (Å²) < 4.78 is 7.79. The average Bonchev–Trinajstić information content (AvgIpc) is 3.37. The maximum absolute atomic E-state index is 5.77. The number of aromatic nitrogens is 6. The van der Waals surface area contributed by atoms with Crippen LogP contribution < -0.4 is 5.32 Å². The second-order valence-corrected chi connectivity index (χ2v) is 9.66. The molecule has 9 nitrogen and oxygen atoms in total. The molecule has 4 aromatic heterocycles. The SMILES string of the molecule is CCC1CN(CCCn2cc(-c3cnc4ccc(Nc5cc(C(C)C)cnn5)nc4c3)cn2)CCO1. The molecule has 1 aliphatic heterocycles. The largest absolute Gasteiger partial charge is 0.376 e. The van der Waals surface area contributed by atoms with Gasteiger partial charge < -0.3 is 10.1 Å². The van der Waals surface area contributed by atoms with Gasteiger partial charge in [0, 0.05) is 49.7 Å². The average molecular weight is 487 g/mol. The van der Waals surface area contributed by atoms with E-state index in [9.17, 15) is 0 Å². The summed E-state index contributed by atoms with van der Waals surface area (Å²) in [5.41, 5.74) is 4.83. The van der Waals surface area contributed by atoms with E-state index in [0.29, 0.717) is 23.7 Å². The van der Waals surface area contributed by atoms with Crippen molar-refractivity contribution in [2.24, 2.45) is 0 Å². The smallest absolute Gasteiger partial charge is 0.154 e. The Morgan fingerprint density at radius 3 is 2.83 bits per heavy atom. The van der Waals surface area contributed by atoms with Gasteiger partial charge in [0.25, 0.3) is 0 Å². The third-order valence-corrected chi connectivity index (χ3v) is 6.64. The van der Waals surface area contributed by atoms with Gasteiger partial charge in [-0.3, -0.25) is 14.6 Å². The van der Waals surface area contributed by atoms with Crippen LogP contribution in [0.1, 0.15) is 45.1 Å². The van der Waals surface area contributed by atoms with Gasteiger partial charge >= 0.3 is 0 Å². The number of ether oxygens (including phenoxy) is 1. The maximum atomic E-state index is 5.77. The lowest BCUT2D eigenvalue weighted by atomic mass is 10.1. The van der Waals surface area contributed by atoms with Crippen molar-refractivity contribution in [3.05, 3.63) is 54.6 Å². The minimum absolute atomic E-state index is 0.373. The Bertz CT molecular complexity index is 1300. The van der Waals surface area contributed by atoms with Crippen LogP contribution in [0.5, 0.6) is 0 Å². The van der Waals surface area contributed by atoms with Crippen LogP contribution in [0.15, 0.2) is 49.1 Å². The minimum Gasteiger partial charge on any atom is -0.376 e. The fraction of sp³-hybridized carbons (Fsp3) is 0.444. The zero-order valence-electron chi connectivity index (χ0n) is 21.3. The number of anilines is 2. The van der Waals surface area contributed by atoms with E-state index in [1.54, 1.807) is 6.20 Å². The van der Waals surface area contributed by atoms with Crippen LogP contribution in [0.3, 0.4) is 0 Å². The highest BCUT2D eigenvalue weighted by Gasteiger charge is 2.18. The Hall–Kier alpha value is -3.43. The first-order valence-corrected chi connectivity index (χ1v) is 12.8. The fourth-order valence-electron chi connectivity index (χ4n) is 4.45. The molecule has 0 aromatic carbocycles. The maximum Gasteiger partial charge on any atom is 0.154 e. The highest BCUT2D eigenvalue weighted by Crippen LogP contribution is 2.24. The third kappa shape index (κ3) is 5.85. The molecule has 1 saturated heterocycles. The minimum atomic E-state index is 0.373. The lowest BCUT2D eigenvalue weighted by Crippen LogP contribution is -2.42. The van der Waals surface area contributed by atoms with E-state index >= 15 is 0 Å². The van der Waals surface area contributed by atoms with Gasteiger partial charge in [0.15, 0.2) is 5.82 Å². The summed E-state index contributed by atoms with van der Waals surface area (Å²) in [6.07, 6.45) is 10.2. The number of fused-ring (bicyclic) bond motifs is 1. The quantitative estimate of drug-likeness (QED) is 0.365. The Morgan fingerprint density at radius 2 is 1.97 bits per heavy atom. The van der Waals surface area contributed by atoms with Crippen LogP contribution in [0, 0.1) is 0 Å². The molecular weight excluding hydrogens is 452 g/mol. The molecular formula is C27H34N8O. The van der Waals surface area contributed by atoms with Gasteiger partial charge in [0.2, 0.25) is 0 Å². The van der Waals surface area contributed by atoms with Crippen LogP contribution in [0.25, 0.3) is 22.2 Å². The first-order chi connectivity index (χ1) is 17.6. The number of rotatable bonds is 9. The van der Waals surface area contributed by atoms with Gasteiger partial charge in [-0.15, -0.1) is 5.10 Å². The van der Waals surface area contributed by atoms with E-state index < -0.39 is 0 Å². The van der Waals surface area contributed by atoms with Crippen molar-refractivity contribution in [2.45, 2.75) is 52.2 Å². The standard InChI is InChI=1S/C27H34N8O/c1-4-23-18-34(10-11-36-23)8-5-9-35-17-22(16-30-35)21-12-25-24(28-14-21)6-7-26(31-25)32-27-13-20(19(2)3)15-29-33-27/h6-7,12-17,19,23H,4-5,8-11,18H2,1-3H3,(H,31,32,33). The Labute approximate surface area is 211 Å². The molecule has 0 radical (unpaired) electrons. The summed E-state index contributed by atoms with van der Waals surface area (Å²) in [5.74, 6) is 1.77. The van der Waals surface area contributed by atoms with Crippen molar-refractivity contribution in [2.75, 3.05) is 31.6 Å². The molecule has 1 aliphatic rings. The Kier molecular flexibility index (Phi) is 7.48. The lowest BCUT2D eigenvalue weighted by molar-refractivity contribution is -0.0301. The second kappa shape index (κ2) is 11.1. The van der Waals surface area contributed by atoms with Crippen molar-refractivity contribution in [3.8, 4) is 11.1 Å². The van der Waals surface area contributed by atoms with Crippen LogP contribution >= 0.6 is 0 Å². The van der Waals surface area contributed by atoms with Crippen LogP contribution in [0.4, 0.5) is 11.6 Å². The van der Waals surface area contributed by atoms with Gasteiger partial charge in [0.1, 0.15) is 5.82 Å². The topological polar surface area (TPSA) is 93.9 Å². The zero-order valence-corrected chi connectivity index (χ0v) is 21.3. The summed E-state index contributed by atoms with van der Waals surface area (Å²) in [5, 5.41) is 16.1. The monoisotopic (exact) mass is 486 g/mol. The summed E-state index contributed by atoms with van der Waals surface area (Å²) >= 11 is 0. The van der Waals surface area contributed by atoms with Crippen LogP contribution in [0.2, 0.25) is 0 Å². The third-order valence-electron chi connectivity index (χ3n) is 6.64. The van der Waals surface area contributed by atoms with Crippen molar-refractivity contribution >= 4 is 22.7 Å². The number of pyridine rings is 2. The first kappa shape index (κ1) is 24.3. The molecule has 5 heterocycles. The van der Waals surface area contributed by atoms with E-state index in [0.717, 1.165) is 73.4 Å². The molecule has 0 spiro atoms. The van der Waals surface area contributed by atoms with Gasteiger partial charge in [-0.1, -0.05) is 20.8 Å². The molecule has 0 bridgehead atoms. The number of hydrogen-bond donors (Lipinski definition) is 1. The zero-order chi connectivity index (χ0) is 24.9. The van der Waals surface area contributed by atoms with Crippen molar-refractivity contribution < 1.29 is 4.74 Å². The van der Waals surface area contributed by atoms with E-state index in [-0.39, 0.29) is 0 Å². The Balaban J connectivity index is 1.24. The highest BCUT2D eigenvalue weighted by molar-refractivity contribution is 5.81. The normalized spacial score (nSPS) is 16.6. The molecule has 1 atom stereocenters. The molecule has 188 valence electrons. The molecule has 0 saturated carbocycles. The number of aryl methyl sites for hydroxylation is 1. The van der Waals surface area contributed by atoms with Gasteiger partial charge in [-0.2, -0.15) is 10.2 Å². The molecule has 4 aromatic rings. The molecule has 36 heavy (non-hydrogen) atoms. The molecule has 0 amide bonds. The summed E-state index contributed by atoms with van der Waals surface area (Å²) in [6.45, 7) is 11.3. The molecule has 5 rings (SSSR count). The molecule has 1 N–H and O–H groups in total. The van der Waals surface area contributed by atoms with Gasteiger partial charge in [-0.25, -0.2) is 4.98 Å². The van der Waals surface area contributed by atoms with E-state index in [1.807, 2.05) is 35.3 Å². The fourth-order valence-corrected chi connectivity index (χ4v) is 4.45. The number of nitrogens with zero attached hydrogens (tertiary/aromatic N) is 7. The first-order valence-electron chi connectivity index (χ1n) is 12.8. The molecule has 9 heteroatoms. The van der Waals surface area contributed by atoms with E-state index in [1.165, 1.54) is 0 Å². The number of nitrogens with one attached hydrogen (secondary N) is 1. The summed E-state index contributed by atoms with van der Waals surface area (Å²) in [6, 6.07) is 7.94. The molecule has 0 aliphatic carbocycles. The Morgan fingerprint density at radius 1 is 1.06 bits per heavy atom. The van der Waals surface area contributed by atoms with E-state index in [4.69, 9.17) is 9.72 Å². The van der Waals surface area contributed by atoms with Crippen LogP contribution in [-0.2, 0) is 11.3 Å². The van der Waals surface area contributed by atoms with Crippen molar-refractivity contribution in [1.82, 2.24) is 34.8 Å². The predicted octanol–water partition coefficient (Wildman–Crippen LogP) is 4.65. The van der Waals surface area contributed by atoms with Crippen LogP contribution in [-0.4, -0.2) is 67.2 Å². The lowest BCUT2D eigenvalue weighted by Gasteiger charge is -2.32. The van der Waals surface area contributed by atoms with Crippen molar-refractivity contribution in [1.29, 1.82) is 0 Å². The van der Waals surface area contributed by atoms with Gasteiger partial charge in [-0.05, 0) is 48.6 Å². The van der Waals surface area contributed by atoms with Gasteiger partial charge in [0.05, 0.1) is 36.1 Å². The second-order valence-electron chi connectivity index (χ2n) is 9.66. The summed E-state index contributed by atoms with van der Waals surface area (Å²) in [7, 11) is 0. The summed E-state index contributed by atoms with van der Waals surface area (Å²) in [4.78, 5) is 11.9. The van der Waals surface area contributed by atoms with Crippen molar-refractivity contribution in [3.63, 3.8) is 0 Å². The van der Waals surface area contributed by atoms with E-state index in [2.05, 4.69) is 63.5 Å².